The number of hydrogen-bond acceptors (Lipinski definition) is 5. The van der Waals surface area contributed by atoms with Gasteiger partial charge in [-0.05, 0) is 36.4 Å². The van der Waals surface area contributed by atoms with Gasteiger partial charge in [-0.2, -0.15) is 0 Å². The Morgan fingerprint density at radius 2 is 1.88 bits per heavy atom. The van der Waals surface area contributed by atoms with Gasteiger partial charge in [0.25, 0.3) is 0 Å². The molecule has 0 saturated carbocycles. The first-order chi connectivity index (χ1) is 12.6. The molecule has 2 amide bonds. The standard InChI is InChI=1S/C19H24N2O5/c1-15(22)21(14-18-4-3-12-25-18)11-9-19(23)20-10-13-26-17-7-5-16(24-2)6-8-17/h3-8,12H,9-11,13-14H2,1-2H3,(H,20,23). The molecule has 140 valence electrons. The number of amides is 2. The zero-order valence-corrected chi connectivity index (χ0v) is 15.1. The molecule has 0 unspecified atom stereocenters. The van der Waals surface area contributed by atoms with Gasteiger partial charge < -0.3 is 24.1 Å². The number of hydrogen-bond donors (Lipinski definition) is 1. The van der Waals surface area contributed by atoms with Gasteiger partial charge in [0.05, 0.1) is 26.5 Å². The molecule has 0 atom stereocenters. The van der Waals surface area contributed by atoms with Crippen molar-refractivity contribution in [3.05, 3.63) is 48.4 Å². The van der Waals surface area contributed by atoms with Crippen LogP contribution in [0.25, 0.3) is 0 Å². The predicted molar refractivity (Wildman–Crippen MR) is 95.9 cm³/mol. The molecule has 0 spiro atoms. The lowest BCUT2D eigenvalue weighted by atomic mass is 10.3. The molecule has 0 radical (unpaired) electrons. The molecule has 0 aliphatic carbocycles. The second kappa shape index (κ2) is 10.1. The van der Waals surface area contributed by atoms with Gasteiger partial charge in [-0.15, -0.1) is 0 Å². The highest BCUT2D eigenvalue weighted by molar-refractivity contribution is 5.77. The smallest absolute Gasteiger partial charge is 0.221 e. The van der Waals surface area contributed by atoms with Crippen LogP contribution in [-0.4, -0.2) is 43.5 Å². The largest absolute Gasteiger partial charge is 0.497 e. The van der Waals surface area contributed by atoms with Gasteiger partial charge in [0.1, 0.15) is 23.9 Å². The highest BCUT2D eigenvalue weighted by Gasteiger charge is 2.13. The van der Waals surface area contributed by atoms with E-state index >= 15 is 0 Å². The summed E-state index contributed by atoms with van der Waals surface area (Å²) in [6.07, 6.45) is 1.78. The van der Waals surface area contributed by atoms with Gasteiger partial charge in [0.2, 0.25) is 11.8 Å². The van der Waals surface area contributed by atoms with Crippen LogP contribution in [0.5, 0.6) is 11.5 Å². The van der Waals surface area contributed by atoms with Crippen molar-refractivity contribution in [3.63, 3.8) is 0 Å². The van der Waals surface area contributed by atoms with Crippen LogP contribution in [0.1, 0.15) is 19.1 Å². The van der Waals surface area contributed by atoms with E-state index in [0.717, 1.165) is 5.75 Å². The molecule has 1 N–H and O–H groups in total. The second-order valence-corrected chi connectivity index (χ2v) is 5.64. The number of rotatable bonds is 10. The van der Waals surface area contributed by atoms with Crippen molar-refractivity contribution in [3.8, 4) is 11.5 Å². The van der Waals surface area contributed by atoms with Gasteiger partial charge >= 0.3 is 0 Å². The predicted octanol–water partition coefficient (Wildman–Crippen LogP) is 2.22. The Balaban J connectivity index is 1.64. The maximum Gasteiger partial charge on any atom is 0.221 e. The number of furan rings is 1. The Kier molecular flexibility index (Phi) is 7.54. The monoisotopic (exact) mass is 360 g/mol. The second-order valence-electron chi connectivity index (χ2n) is 5.64. The van der Waals surface area contributed by atoms with Crippen molar-refractivity contribution in [2.24, 2.45) is 0 Å². The molecule has 2 rings (SSSR count). The summed E-state index contributed by atoms with van der Waals surface area (Å²) in [7, 11) is 1.60. The summed E-state index contributed by atoms with van der Waals surface area (Å²) in [5.74, 6) is 1.93. The number of nitrogens with one attached hydrogen (secondary N) is 1. The van der Waals surface area contributed by atoms with Crippen LogP contribution < -0.4 is 14.8 Å². The minimum atomic E-state index is -0.131. The van der Waals surface area contributed by atoms with E-state index in [-0.39, 0.29) is 18.2 Å². The quantitative estimate of drug-likeness (QED) is 0.657. The van der Waals surface area contributed by atoms with Crippen molar-refractivity contribution in [2.45, 2.75) is 19.9 Å². The first-order valence-electron chi connectivity index (χ1n) is 8.40. The summed E-state index contributed by atoms with van der Waals surface area (Å²) in [6.45, 7) is 2.92. The summed E-state index contributed by atoms with van der Waals surface area (Å²) in [4.78, 5) is 25.2. The zero-order valence-electron chi connectivity index (χ0n) is 15.1. The number of carbonyl (C=O) groups excluding carboxylic acids is 2. The molecule has 7 heteroatoms. The fraction of sp³-hybridized carbons (Fsp3) is 0.368. The summed E-state index contributed by atoms with van der Waals surface area (Å²) >= 11 is 0. The molecular formula is C19H24N2O5. The van der Waals surface area contributed by atoms with E-state index in [9.17, 15) is 9.59 Å². The van der Waals surface area contributed by atoms with E-state index in [0.29, 0.717) is 37.8 Å². The SMILES string of the molecule is COc1ccc(OCCNC(=O)CCN(Cc2ccco2)C(C)=O)cc1. The number of nitrogens with zero attached hydrogens (tertiary/aromatic N) is 1. The molecule has 1 aromatic heterocycles. The van der Waals surface area contributed by atoms with Crippen LogP contribution >= 0.6 is 0 Å². The molecule has 0 bridgehead atoms. The third-order valence-corrected chi connectivity index (χ3v) is 3.73. The van der Waals surface area contributed by atoms with Gasteiger partial charge in [0, 0.05) is 19.9 Å². The lowest BCUT2D eigenvalue weighted by molar-refractivity contribution is -0.130. The average molecular weight is 360 g/mol. The molecule has 2 aromatic rings. The van der Waals surface area contributed by atoms with Crippen molar-refractivity contribution in [1.29, 1.82) is 0 Å². The maximum absolute atomic E-state index is 11.9. The molecule has 1 aromatic carbocycles. The zero-order chi connectivity index (χ0) is 18.8. The van der Waals surface area contributed by atoms with Crippen molar-refractivity contribution < 1.29 is 23.5 Å². The van der Waals surface area contributed by atoms with E-state index in [2.05, 4.69) is 5.32 Å². The summed E-state index contributed by atoms with van der Waals surface area (Å²) < 4.78 is 15.9. The number of ether oxygens (including phenoxy) is 2. The van der Waals surface area contributed by atoms with E-state index in [4.69, 9.17) is 13.9 Å². The Morgan fingerprint density at radius 1 is 1.15 bits per heavy atom. The lowest BCUT2D eigenvalue weighted by Crippen LogP contribution is -2.34. The summed E-state index contributed by atoms with van der Waals surface area (Å²) in [5, 5.41) is 2.78. The van der Waals surface area contributed by atoms with Gasteiger partial charge in [-0.3, -0.25) is 9.59 Å². The highest BCUT2D eigenvalue weighted by Crippen LogP contribution is 2.16. The van der Waals surface area contributed by atoms with E-state index in [1.807, 2.05) is 12.1 Å². The van der Waals surface area contributed by atoms with Gasteiger partial charge in [0.15, 0.2) is 0 Å². The third kappa shape index (κ3) is 6.51. The molecule has 0 aliphatic heterocycles. The summed E-state index contributed by atoms with van der Waals surface area (Å²) in [5.41, 5.74) is 0. The van der Waals surface area contributed by atoms with Crippen LogP contribution in [0, 0.1) is 0 Å². The first kappa shape index (κ1) is 19.4. The molecule has 0 saturated heterocycles. The Labute approximate surface area is 152 Å². The van der Waals surface area contributed by atoms with Crippen LogP contribution in [0.3, 0.4) is 0 Å². The van der Waals surface area contributed by atoms with Crippen molar-refractivity contribution >= 4 is 11.8 Å². The average Bonchev–Trinajstić information content (AvgIpc) is 3.15. The highest BCUT2D eigenvalue weighted by atomic mass is 16.5. The minimum absolute atomic E-state index is 0.1000. The Bertz CT molecular complexity index is 682. The number of benzene rings is 1. The normalized spacial score (nSPS) is 10.2. The fourth-order valence-electron chi connectivity index (χ4n) is 2.29. The third-order valence-electron chi connectivity index (χ3n) is 3.73. The van der Waals surface area contributed by atoms with Crippen LogP contribution in [-0.2, 0) is 16.1 Å². The number of carbonyl (C=O) groups is 2. The molecule has 0 aliphatic rings. The van der Waals surface area contributed by atoms with Gasteiger partial charge in [-0.25, -0.2) is 0 Å². The lowest BCUT2D eigenvalue weighted by Gasteiger charge is -2.19. The summed E-state index contributed by atoms with van der Waals surface area (Å²) in [6, 6.07) is 10.8. The molecular weight excluding hydrogens is 336 g/mol. The van der Waals surface area contributed by atoms with E-state index in [1.54, 1.807) is 42.5 Å². The first-order valence-corrected chi connectivity index (χ1v) is 8.40. The fourth-order valence-corrected chi connectivity index (χ4v) is 2.29. The van der Waals surface area contributed by atoms with Crippen LogP contribution in [0.4, 0.5) is 0 Å². The maximum atomic E-state index is 11.9. The van der Waals surface area contributed by atoms with Crippen molar-refractivity contribution in [1.82, 2.24) is 10.2 Å². The van der Waals surface area contributed by atoms with Crippen LogP contribution in [0.2, 0.25) is 0 Å². The van der Waals surface area contributed by atoms with Gasteiger partial charge in [-0.1, -0.05) is 0 Å². The minimum Gasteiger partial charge on any atom is -0.497 e. The van der Waals surface area contributed by atoms with Crippen LogP contribution in [0.15, 0.2) is 47.1 Å². The molecule has 26 heavy (non-hydrogen) atoms. The molecule has 0 fully saturated rings. The topological polar surface area (TPSA) is 81.0 Å². The van der Waals surface area contributed by atoms with E-state index in [1.165, 1.54) is 6.92 Å². The van der Waals surface area contributed by atoms with E-state index < -0.39 is 0 Å². The van der Waals surface area contributed by atoms with Crippen molar-refractivity contribution in [2.75, 3.05) is 26.8 Å². The Morgan fingerprint density at radius 3 is 2.50 bits per heavy atom. The molecule has 1 heterocycles. The molecule has 7 nitrogen and oxygen atoms in total. The Hall–Kier alpha value is -2.96. The number of methoxy groups -OCH3 is 1.